The predicted octanol–water partition coefficient (Wildman–Crippen LogP) is 7.47. The second-order valence-corrected chi connectivity index (χ2v) is 11.2. The van der Waals surface area contributed by atoms with Gasteiger partial charge in [0.05, 0.1) is 13.8 Å². The summed E-state index contributed by atoms with van der Waals surface area (Å²) in [5.41, 5.74) is -4.07. The Morgan fingerprint density at radius 1 is 1.02 bits per heavy atom. The van der Waals surface area contributed by atoms with E-state index in [4.69, 9.17) is 20.6 Å². The molecule has 1 aliphatic carbocycles. The largest absolute Gasteiger partial charge is 0.416 e. The number of thioether (sulfide) groups is 1. The number of aromatic nitrogens is 2. The van der Waals surface area contributed by atoms with Crippen molar-refractivity contribution in [2.24, 2.45) is 5.89 Å². The van der Waals surface area contributed by atoms with Gasteiger partial charge in [-0.1, -0.05) is 81.0 Å². The molecule has 1 heterocycles. The maximum Gasteiger partial charge on any atom is 0.416 e. The third-order valence-corrected chi connectivity index (χ3v) is 7.94. The van der Waals surface area contributed by atoms with Crippen LogP contribution in [0.25, 0.3) is 11.1 Å². The number of benzene rings is 3. The summed E-state index contributed by atoms with van der Waals surface area (Å²) in [7, 11) is 0. The summed E-state index contributed by atoms with van der Waals surface area (Å²) in [5, 5.41) is -0.679. The van der Waals surface area contributed by atoms with Gasteiger partial charge in [0.25, 0.3) is 5.56 Å². The molecule has 0 fully saturated rings. The molecule has 0 radical (unpaired) electrons. The summed E-state index contributed by atoms with van der Waals surface area (Å²) in [6.07, 6.45) is -10.9. The fourth-order valence-corrected chi connectivity index (χ4v) is 5.42. The Bertz CT molecular complexity index is 2520. The lowest BCUT2D eigenvalue weighted by Crippen LogP contribution is -2.40. The molecule has 254 valence electrons. The molecule has 4 aromatic rings. The average Bonchev–Trinajstić information content (AvgIpc) is 3.28. The minimum atomic E-state index is -4.62. The maximum absolute atomic E-state index is 14.9. The van der Waals surface area contributed by atoms with Crippen molar-refractivity contribution in [2.75, 3.05) is 26.0 Å². The molecule has 1 unspecified atom stereocenters. The second-order valence-electron chi connectivity index (χ2n) is 10.2. The van der Waals surface area contributed by atoms with Gasteiger partial charge in [0, 0.05) is 51.6 Å². The van der Waals surface area contributed by atoms with Crippen LogP contribution in [0.1, 0.15) is 72.0 Å². The zero-order valence-electron chi connectivity index (χ0n) is 42.8. The molecule has 48 heavy (non-hydrogen) atoms. The number of nitrogens with zero attached hydrogens (tertiary/aromatic N) is 4. The van der Waals surface area contributed by atoms with Crippen molar-refractivity contribution in [1.29, 1.82) is 0 Å². The Labute approximate surface area is 306 Å². The van der Waals surface area contributed by atoms with Crippen LogP contribution in [0.3, 0.4) is 0 Å². The first-order valence-corrected chi connectivity index (χ1v) is 15.2. The number of rotatable bonds is 13. The van der Waals surface area contributed by atoms with Gasteiger partial charge < -0.3 is 14.4 Å². The topological polar surface area (TPSA) is 58.4 Å². The van der Waals surface area contributed by atoms with Crippen LogP contribution in [0, 0.1) is 11.7 Å². The van der Waals surface area contributed by atoms with Crippen LogP contribution in [-0.2, 0) is 42.6 Å². The van der Waals surface area contributed by atoms with Crippen molar-refractivity contribution >= 4 is 17.7 Å². The summed E-state index contributed by atoms with van der Waals surface area (Å²) in [6, 6.07) is 5.59. The summed E-state index contributed by atoms with van der Waals surface area (Å²) in [5.74, 6) is -6.48. The normalized spacial score (nSPS) is 24.4. The lowest BCUT2D eigenvalue weighted by Gasteiger charge is -2.28. The van der Waals surface area contributed by atoms with Gasteiger partial charge in [0.15, 0.2) is 5.16 Å². The second kappa shape index (κ2) is 15.5. The van der Waals surface area contributed by atoms with E-state index < -0.39 is 139 Å². The van der Waals surface area contributed by atoms with E-state index in [1.165, 1.54) is 36.4 Å². The molecule has 1 amide bonds. The lowest BCUT2D eigenvalue weighted by molar-refractivity contribution is -0.137. The molecular weight excluding hydrogens is 640 g/mol. The highest BCUT2D eigenvalue weighted by Gasteiger charge is 2.30. The molecule has 0 saturated carbocycles. The Balaban J connectivity index is 1.71. The number of alkyl halides is 3. The number of carbonyl (C=O) groups excluding carboxylic acids is 1. The van der Waals surface area contributed by atoms with Gasteiger partial charge in [0.1, 0.15) is 12.4 Å². The minimum Gasteiger partial charge on any atom is -0.336 e. The summed E-state index contributed by atoms with van der Waals surface area (Å²) in [6.45, 7) is -13.5. The third-order valence-electron chi connectivity index (χ3n) is 6.94. The predicted molar refractivity (Wildman–Crippen MR) is 181 cm³/mol. The highest BCUT2D eigenvalue weighted by Crippen LogP contribution is 2.32. The summed E-state index contributed by atoms with van der Waals surface area (Å²) in [4.78, 5) is 32.5. The highest BCUT2D eigenvalue weighted by atomic mass is 32.2. The molecule has 11 heteroatoms. The molecule has 6 nitrogen and oxygen atoms in total. The van der Waals surface area contributed by atoms with Gasteiger partial charge in [-0.15, -0.1) is 0 Å². The van der Waals surface area contributed by atoms with Crippen LogP contribution in [0.15, 0.2) is 82.7 Å². The number of hydrogen-bond donors (Lipinski definition) is 0. The van der Waals surface area contributed by atoms with E-state index in [2.05, 4.69) is 4.98 Å². The number of halogens is 4. The fraction of sp³-hybridized carbons (Fsp3) is 0.378. The van der Waals surface area contributed by atoms with E-state index in [1.54, 1.807) is 0 Å². The SMILES string of the molecule is [2H]c1c([2H])c(CSc2nc(=O)c3c(n2CC(=O)N(Cc2ccc(-c4ccc(C(F)(F)F)cc4)cc2)C([2H])([2H])C([2H])([2H])N(C([2H])([2H])C)C([2H])([2H])C)C([2H])([2H])C([2H])(C)C3([2H])[2H])c([2H])c([2H])c1F. The van der Waals surface area contributed by atoms with E-state index in [-0.39, 0.29) is 15.4 Å². The molecule has 1 aliphatic rings. The quantitative estimate of drug-likeness (QED) is 0.0825. The van der Waals surface area contributed by atoms with E-state index >= 15 is 0 Å². The van der Waals surface area contributed by atoms with E-state index in [0.29, 0.717) is 27.5 Å². The molecule has 0 saturated heterocycles. The van der Waals surface area contributed by atoms with Crippen LogP contribution in [0.2, 0.25) is 0 Å². The minimum absolute atomic E-state index is 0.0159. The van der Waals surface area contributed by atoms with Gasteiger partial charge >= 0.3 is 6.18 Å². The molecule has 0 aliphatic heterocycles. The zero-order valence-corrected chi connectivity index (χ0v) is 26.6. The van der Waals surface area contributed by atoms with E-state index in [0.717, 1.165) is 32.9 Å². The first-order chi connectivity index (χ1) is 29.3. The summed E-state index contributed by atoms with van der Waals surface area (Å²) < 4.78 is 200. The highest BCUT2D eigenvalue weighted by molar-refractivity contribution is 7.98. The average molecular weight is 698 g/mol. The monoisotopic (exact) mass is 697 g/mol. The van der Waals surface area contributed by atoms with Crippen LogP contribution >= 0.6 is 11.8 Å². The smallest absolute Gasteiger partial charge is 0.336 e. The van der Waals surface area contributed by atoms with Crippen molar-refractivity contribution in [3.05, 3.63) is 117 Å². The van der Waals surface area contributed by atoms with Crippen molar-refractivity contribution in [1.82, 2.24) is 19.4 Å². The van der Waals surface area contributed by atoms with Crippen molar-refractivity contribution < 1.29 is 45.7 Å². The first-order valence-electron chi connectivity index (χ1n) is 22.8. The van der Waals surface area contributed by atoms with Gasteiger partial charge in [-0.2, -0.15) is 18.2 Å². The standard InChI is InChI=1S/C37H40F4N4O2S/c1-4-43(5-2)18-19-44(22-26-6-10-28(11-7-26)29-12-14-30(15-13-29)37(39,40)41)34(46)23-45-33-21-25(3)20-32(33)35(47)42-36(45)48-24-27-8-16-31(38)17-9-27/h6-17,25H,4-5,18-24H2,1-3H3/i4D2,5D2,8D,9D,16D,17D,18D2,19D2,20D2,21D2,25D. The van der Waals surface area contributed by atoms with Gasteiger partial charge in [-0.3, -0.25) is 9.59 Å². The Morgan fingerprint density at radius 2 is 1.65 bits per heavy atom. The number of hydrogen-bond acceptors (Lipinski definition) is 5. The molecule has 3 aromatic carbocycles. The lowest BCUT2D eigenvalue weighted by atomic mass is 10.0. The Morgan fingerprint density at radius 3 is 2.25 bits per heavy atom. The Kier molecular flexibility index (Phi) is 6.23. The van der Waals surface area contributed by atoms with Crippen molar-refractivity contribution in [3.8, 4) is 11.1 Å². The fourth-order valence-electron chi connectivity index (χ4n) is 4.54. The number of fused-ring (bicyclic) bond motifs is 1. The Hall–Kier alpha value is -3.96. The van der Waals surface area contributed by atoms with Crippen LogP contribution in [-0.4, -0.2) is 51.2 Å². The van der Waals surface area contributed by atoms with Gasteiger partial charge in [-0.25, -0.2) is 4.39 Å². The molecule has 0 N–H and O–H groups in total. The molecule has 0 spiro atoms. The van der Waals surface area contributed by atoms with Gasteiger partial charge in [0.2, 0.25) is 5.91 Å². The molecule has 0 bridgehead atoms. The molecule has 5 rings (SSSR count). The third kappa shape index (κ3) is 8.73. The van der Waals surface area contributed by atoms with Gasteiger partial charge in [-0.05, 0) is 78.1 Å². The molecular formula is C37H40F4N4O2S. The van der Waals surface area contributed by atoms with Crippen molar-refractivity contribution in [3.63, 3.8) is 0 Å². The van der Waals surface area contributed by atoms with Crippen molar-refractivity contribution in [2.45, 2.75) is 63.7 Å². The number of likely N-dealkylation sites (N-methyl/N-ethyl adjacent to an activating group) is 1. The van der Waals surface area contributed by atoms with E-state index in [9.17, 15) is 29.9 Å². The zero-order chi connectivity index (χ0) is 49.6. The maximum atomic E-state index is 14.9. The van der Waals surface area contributed by atoms with Crippen LogP contribution < -0.4 is 5.56 Å². The molecule has 1 aromatic heterocycles. The first kappa shape index (κ1) is 19.3. The molecule has 1 atom stereocenters. The van der Waals surface area contributed by atoms with Crippen LogP contribution in [0.4, 0.5) is 17.6 Å². The van der Waals surface area contributed by atoms with Crippen LogP contribution in [0.5, 0.6) is 0 Å². The van der Waals surface area contributed by atoms with E-state index in [1.807, 2.05) is 0 Å². The summed E-state index contributed by atoms with van der Waals surface area (Å²) >= 11 is 0.381. The number of carbonyl (C=O) groups is 1. The number of amides is 1.